The van der Waals surface area contributed by atoms with Crippen molar-refractivity contribution in [2.24, 2.45) is 0 Å². The average molecular weight is 967 g/mol. The minimum Gasteiger partial charge on any atom is -0.311 e. The van der Waals surface area contributed by atoms with Gasteiger partial charge in [0.2, 0.25) is 6.71 Å². The van der Waals surface area contributed by atoms with E-state index in [1.807, 2.05) is 34.4 Å². The van der Waals surface area contributed by atoms with Crippen LogP contribution in [0.2, 0.25) is 0 Å². The average Bonchev–Trinajstić information content (AvgIpc) is 4.12. The number of thiophene rings is 2. The van der Waals surface area contributed by atoms with Gasteiger partial charge in [-0.2, -0.15) is 0 Å². The minimum atomic E-state index is 0.0199. The normalized spacial score (nSPS) is 12.9. The molecule has 6 heteroatoms. The zero-order chi connectivity index (χ0) is 47.0. The summed E-state index contributed by atoms with van der Waals surface area (Å²) >= 11 is 5.69. The maximum Gasteiger partial charge on any atom is 0.249 e. The highest BCUT2D eigenvalue weighted by Crippen LogP contribution is 2.47. The largest absolute Gasteiger partial charge is 0.311 e. The third-order valence-corrected chi connectivity index (χ3v) is 18.7. The van der Waals surface area contributed by atoms with Gasteiger partial charge in [0.05, 0.1) is 11.0 Å². The standard InChI is InChI=1S/C66H39BN2S3/c1-2-12-40(13-3-1)41-22-28-46(29-23-41)68-58-34-42(43-24-30-52-50-16-6-10-20-60(50)70-62(52)35-43)26-32-54(58)67-55-33-27-45(44-25-31-53-51-17-7-11-21-61(51)71-63(53)36-44)37-64(55)72-65-39-47(38-59(68)66(65)67)69-56-18-8-4-14-48(56)49-15-5-9-19-57(49)69/h1-39H. The van der Waals surface area contributed by atoms with Gasteiger partial charge >= 0.3 is 0 Å². The molecule has 5 heterocycles. The monoisotopic (exact) mass is 966 g/mol. The fourth-order valence-corrected chi connectivity index (χ4v) is 15.5. The Labute approximate surface area is 428 Å². The van der Waals surface area contributed by atoms with E-state index >= 15 is 0 Å². The maximum absolute atomic E-state index is 2.57. The van der Waals surface area contributed by atoms with E-state index < -0.39 is 0 Å². The van der Waals surface area contributed by atoms with Crippen molar-refractivity contribution in [1.29, 1.82) is 0 Å². The molecule has 0 fully saturated rings. The molecule has 0 N–H and O–H groups in total. The van der Waals surface area contributed by atoms with Crippen molar-refractivity contribution in [3.63, 3.8) is 0 Å². The Bertz CT molecular complexity index is 4510. The second-order valence-corrected chi connectivity index (χ2v) is 22.4. The van der Waals surface area contributed by atoms with E-state index in [2.05, 4.69) is 246 Å². The van der Waals surface area contributed by atoms with E-state index in [9.17, 15) is 0 Å². The van der Waals surface area contributed by atoms with Crippen LogP contribution in [-0.4, -0.2) is 11.3 Å². The molecule has 0 saturated heterocycles. The Morgan fingerprint density at radius 1 is 0.306 bits per heavy atom. The van der Waals surface area contributed by atoms with Gasteiger partial charge < -0.3 is 9.47 Å². The number of anilines is 3. The molecule has 2 nitrogen and oxygen atoms in total. The zero-order valence-corrected chi connectivity index (χ0v) is 41.2. The topological polar surface area (TPSA) is 8.17 Å². The Morgan fingerprint density at radius 3 is 1.46 bits per heavy atom. The lowest BCUT2D eigenvalue weighted by molar-refractivity contribution is 1.15. The van der Waals surface area contributed by atoms with Crippen molar-refractivity contribution < 1.29 is 0 Å². The maximum atomic E-state index is 2.57. The molecule has 72 heavy (non-hydrogen) atoms. The lowest BCUT2D eigenvalue weighted by atomic mass is 9.34. The van der Waals surface area contributed by atoms with E-state index in [1.165, 1.54) is 133 Å². The highest BCUT2D eigenvalue weighted by atomic mass is 32.2. The first-order valence-electron chi connectivity index (χ1n) is 24.6. The molecule has 0 atom stereocenters. The van der Waals surface area contributed by atoms with E-state index in [1.54, 1.807) is 0 Å². The highest BCUT2D eigenvalue weighted by Gasteiger charge is 2.42. The van der Waals surface area contributed by atoms with Gasteiger partial charge in [-0.1, -0.05) is 181 Å². The van der Waals surface area contributed by atoms with Crippen LogP contribution in [0.1, 0.15) is 0 Å². The van der Waals surface area contributed by atoms with Gasteiger partial charge in [-0.25, -0.2) is 0 Å². The quantitative estimate of drug-likeness (QED) is 0.159. The minimum absolute atomic E-state index is 0.0199. The van der Waals surface area contributed by atoms with Crippen LogP contribution in [0.3, 0.4) is 0 Å². The molecule has 0 radical (unpaired) electrons. The number of hydrogen-bond donors (Lipinski definition) is 0. The van der Waals surface area contributed by atoms with E-state index in [-0.39, 0.29) is 6.71 Å². The summed E-state index contributed by atoms with van der Waals surface area (Å²) in [6.07, 6.45) is 0. The molecule has 0 bridgehead atoms. The number of nitrogens with zero attached hydrogens (tertiary/aromatic N) is 2. The van der Waals surface area contributed by atoms with Crippen LogP contribution >= 0.6 is 34.4 Å². The van der Waals surface area contributed by atoms with Gasteiger partial charge in [-0.3, -0.25) is 0 Å². The van der Waals surface area contributed by atoms with Crippen molar-refractivity contribution in [3.05, 3.63) is 237 Å². The van der Waals surface area contributed by atoms with Crippen molar-refractivity contribution in [2.45, 2.75) is 9.79 Å². The molecular formula is C66H39BN2S3. The molecule has 0 aliphatic carbocycles. The number of benzene rings is 11. The summed E-state index contributed by atoms with van der Waals surface area (Å²) in [5.74, 6) is 0. The summed E-state index contributed by atoms with van der Waals surface area (Å²) in [6, 6.07) is 88.9. The van der Waals surface area contributed by atoms with Gasteiger partial charge in [0.1, 0.15) is 0 Å². The van der Waals surface area contributed by atoms with Crippen molar-refractivity contribution >= 4 is 137 Å². The van der Waals surface area contributed by atoms with Crippen LogP contribution in [-0.2, 0) is 0 Å². The number of hydrogen-bond acceptors (Lipinski definition) is 4. The fraction of sp³-hybridized carbons (Fsp3) is 0. The molecule has 0 saturated carbocycles. The SMILES string of the molecule is c1ccc(-c2ccc(N3c4cc(-c5ccc6c(c5)sc5ccccc56)ccc4B4c5ccc(-c6ccc7c(c6)sc6ccccc67)cc5Sc5cc(-n6c7ccccc7c7ccccc76)cc3c54)cc2)cc1. The summed E-state index contributed by atoms with van der Waals surface area (Å²) in [6.45, 7) is 0.0199. The Hall–Kier alpha value is -8.13. The van der Waals surface area contributed by atoms with Gasteiger partial charge in [0.15, 0.2) is 0 Å². The second kappa shape index (κ2) is 15.7. The first kappa shape index (κ1) is 40.6. The smallest absolute Gasteiger partial charge is 0.249 e. The molecule has 3 aromatic heterocycles. The van der Waals surface area contributed by atoms with Crippen LogP contribution in [0.5, 0.6) is 0 Å². The predicted octanol–water partition coefficient (Wildman–Crippen LogP) is 17.3. The number of rotatable bonds is 5. The molecule has 0 amide bonds. The van der Waals surface area contributed by atoms with Crippen molar-refractivity contribution in [1.82, 2.24) is 4.57 Å². The Kier molecular flexibility index (Phi) is 8.84. The second-order valence-electron chi connectivity index (χ2n) is 19.2. The summed E-state index contributed by atoms with van der Waals surface area (Å²) in [5.41, 5.74) is 18.5. The molecule has 14 aromatic rings. The Balaban J connectivity index is 0.939. The summed E-state index contributed by atoms with van der Waals surface area (Å²) in [5, 5.41) is 7.81. The van der Waals surface area contributed by atoms with Gasteiger partial charge in [0.25, 0.3) is 0 Å². The molecule has 0 spiro atoms. The molecule has 16 rings (SSSR count). The lowest BCUT2D eigenvalue weighted by Crippen LogP contribution is -2.59. The fourth-order valence-electron chi connectivity index (χ4n) is 11.9. The van der Waals surface area contributed by atoms with Crippen LogP contribution in [0.25, 0.3) is 101 Å². The molecule has 11 aromatic carbocycles. The van der Waals surface area contributed by atoms with Crippen LogP contribution < -0.4 is 21.3 Å². The molecular weight excluding hydrogens is 928 g/mol. The van der Waals surface area contributed by atoms with Crippen molar-refractivity contribution in [2.75, 3.05) is 4.90 Å². The molecule has 2 aliphatic heterocycles. The predicted molar refractivity (Wildman–Crippen MR) is 313 cm³/mol. The zero-order valence-electron chi connectivity index (χ0n) is 38.7. The Morgan fingerprint density at radius 2 is 0.806 bits per heavy atom. The number of fused-ring (bicyclic) bond motifs is 13. The lowest BCUT2D eigenvalue weighted by Gasteiger charge is -2.41. The van der Waals surface area contributed by atoms with Crippen LogP contribution in [0.4, 0.5) is 17.1 Å². The van der Waals surface area contributed by atoms with E-state index in [0.29, 0.717) is 0 Å². The van der Waals surface area contributed by atoms with Gasteiger partial charge in [-0.05, 0) is 117 Å². The number of para-hydroxylation sites is 2. The van der Waals surface area contributed by atoms with Crippen LogP contribution in [0, 0.1) is 0 Å². The number of aromatic nitrogens is 1. The molecule has 2 aliphatic rings. The van der Waals surface area contributed by atoms with E-state index in [0.717, 1.165) is 11.4 Å². The van der Waals surface area contributed by atoms with Gasteiger partial charge in [0, 0.05) is 83.7 Å². The summed E-state index contributed by atoms with van der Waals surface area (Å²) in [4.78, 5) is 5.16. The summed E-state index contributed by atoms with van der Waals surface area (Å²) in [7, 11) is 0. The highest BCUT2D eigenvalue weighted by molar-refractivity contribution is 8.00. The van der Waals surface area contributed by atoms with Crippen molar-refractivity contribution in [3.8, 4) is 39.1 Å². The van der Waals surface area contributed by atoms with Gasteiger partial charge in [-0.15, -0.1) is 22.7 Å². The molecule has 0 unspecified atom stereocenters. The third-order valence-electron chi connectivity index (χ3n) is 15.3. The molecule has 334 valence electrons. The summed E-state index contributed by atoms with van der Waals surface area (Å²) < 4.78 is 7.78. The van der Waals surface area contributed by atoms with E-state index in [4.69, 9.17) is 0 Å². The first-order valence-corrected chi connectivity index (χ1v) is 27.0. The first-order chi connectivity index (χ1) is 35.7. The third kappa shape index (κ3) is 6.10. The van der Waals surface area contributed by atoms with Crippen LogP contribution in [0.15, 0.2) is 246 Å².